The van der Waals surface area contributed by atoms with Crippen LogP contribution in [0.3, 0.4) is 0 Å². The van der Waals surface area contributed by atoms with Gasteiger partial charge in [-0.25, -0.2) is 0 Å². The maximum absolute atomic E-state index is 9.94. The van der Waals surface area contributed by atoms with E-state index in [1.807, 2.05) is 4.90 Å². The van der Waals surface area contributed by atoms with Gasteiger partial charge >= 0.3 is 0 Å². The van der Waals surface area contributed by atoms with Crippen LogP contribution in [0.4, 0.5) is 0 Å². The zero-order chi connectivity index (χ0) is 18.2. The van der Waals surface area contributed by atoms with Crippen LogP contribution in [0.2, 0.25) is 0 Å². The molecule has 1 saturated heterocycles. The lowest BCUT2D eigenvalue weighted by molar-refractivity contribution is -0.145. The van der Waals surface area contributed by atoms with E-state index in [2.05, 4.69) is 13.8 Å². The number of ether oxygens (including phenoxy) is 1. The van der Waals surface area contributed by atoms with Gasteiger partial charge in [0.05, 0.1) is 24.4 Å². The molecule has 1 heterocycles. The van der Waals surface area contributed by atoms with Crippen molar-refractivity contribution in [3.8, 4) is 0 Å². The van der Waals surface area contributed by atoms with Crippen LogP contribution in [0.15, 0.2) is 0 Å². The SMILES string of the molecule is COC(C)(C)CCCCCCCCN1CC(O)[C@H](O)C(O)C1CO. The monoisotopic (exact) mass is 347 g/mol. The molecule has 1 rings (SSSR count). The molecule has 0 aliphatic carbocycles. The number of piperidine rings is 1. The Balaban J connectivity index is 2.14. The Kier molecular flexibility index (Phi) is 9.71. The van der Waals surface area contributed by atoms with Gasteiger partial charge in [-0.3, -0.25) is 4.90 Å². The summed E-state index contributed by atoms with van der Waals surface area (Å²) < 4.78 is 5.41. The van der Waals surface area contributed by atoms with Gasteiger partial charge in [-0.1, -0.05) is 32.1 Å². The van der Waals surface area contributed by atoms with Crippen LogP contribution < -0.4 is 0 Å². The minimum Gasteiger partial charge on any atom is -0.395 e. The number of rotatable bonds is 11. The number of β-amino-alcohol motifs (C(OH)–C–C–N with tert-alkyl or cyclic N) is 1. The quantitative estimate of drug-likeness (QED) is 0.415. The molecular weight excluding hydrogens is 310 g/mol. The van der Waals surface area contributed by atoms with Crippen LogP contribution in [-0.2, 0) is 4.74 Å². The van der Waals surface area contributed by atoms with Gasteiger partial charge in [-0.15, -0.1) is 0 Å². The molecule has 0 bridgehead atoms. The number of hydrogen-bond donors (Lipinski definition) is 4. The second-order valence-electron chi connectivity index (χ2n) is 7.63. The Bertz CT molecular complexity index is 339. The second kappa shape index (κ2) is 10.7. The normalized spacial score (nSPS) is 29.1. The molecule has 1 aliphatic heterocycles. The predicted molar refractivity (Wildman–Crippen MR) is 93.9 cm³/mol. The van der Waals surface area contributed by atoms with Crippen LogP contribution in [0, 0.1) is 0 Å². The summed E-state index contributed by atoms with van der Waals surface area (Å²) in [5.41, 5.74) is -0.0280. The second-order valence-corrected chi connectivity index (χ2v) is 7.63. The summed E-state index contributed by atoms with van der Waals surface area (Å²) in [6, 6.07) is -0.486. The first-order valence-electron chi connectivity index (χ1n) is 9.26. The molecule has 3 unspecified atom stereocenters. The molecule has 1 aliphatic rings. The molecule has 6 nitrogen and oxygen atoms in total. The van der Waals surface area contributed by atoms with E-state index < -0.39 is 24.4 Å². The Morgan fingerprint density at radius 3 is 2.12 bits per heavy atom. The fourth-order valence-electron chi connectivity index (χ4n) is 3.31. The fourth-order valence-corrected chi connectivity index (χ4v) is 3.31. The van der Waals surface area contributed by atoms with E-state index in [0.717, 1.165) is 25.8 Å². The summed E-state index contributed by atoms with van der Waals surface area (Å²) >= 11 is 0. The number of hydrogen-bond acceptors (Lipinski definition) is 6. The predicted octanol–water partition coefficient (Wildman–Crippen LogP) is 0.901. The average molecular weight is 347 g/mol. The highest BCUT2D eigenvalue weighted by atomic mass is 16.5. The first-order valence-corrected chi connectivity index (χ1v) is 9.26. The molecule has 144 valence electrons. The third-order valence-corrected chi connectivity index (χ3v) is 5.24. The average Bonchev–Trinajstić information content (AvgIpc) is 2.55. The van der Waals surface area contributed by atoms with Crippen molar-refractivity contribution in [1.82, 2.24) is 4.90 Å². The van der Waals surface area contributed by atoms with E-state index in [1.165, 1.54) is 25.7 Å². The Morgan fingerprint density at radius 1 is 0.958 bits per heavy atom. The molecule has 0 aromatic rings. The maximum atomic E-state index is 9.94. The highest BCUT2D eigenvalue weighted by molar-refractivity contribution is 4.93. The van der Waals surface area contributed by atoms with E-state index >= 15 is 0 Å². The fraction of sp³-hybridized carbons (Fsp3) is 1.00. The third kappa shape index (κ3) is 6.94. The van der Waals surface area contributed by atoms with E-state index in [1.54, 1.807) is 7.11 Å². The number of nitrogens with zero attached hydrogens (tertiary/aromatic N) is 1. The van der Waals surface area contributed by atoms with Crippen LogP contribution in [-0.4, -0.2) is 82.1 Å². The topological polar surface area (TPSA) is 93.4 Å². The first-order chi connectivity index (χ1) is 11.3. The van der Waals surface area contributed by atoms with Gasteiger partial charge in [0.2, 0.25) is 0 Å². The highest BCUT2D eigenvalue weighted by Crippen LogP contribution is 2.21. The highest BCUT2D eigenvalue weighted by Gasteiger charge is 2.40. The van der Waals surface area contributed by atoms with Crippen molar-refractivity contribution in [2.24, 2.45) is 0 Å². The molecule has 0 radical (unpaired) electrons. The van der Waals surface area contributed by atoms with Crippen LogP contribution in [0.1, 0.15) is 58.8 Å². The van der Waals surface area contributed by atoms with E-state index in [4.69, 9.17) is 4.74 Å². The first kappa shape index (κ1) is 21.8. The number of likely N-dealkylation sites (tertiary alicyclic amines) is 1. The zero-order valence-corrected chi connectivity index (χ0v) is 15.5. The number of aliphatic hydroxyl groups is 4. The summed E-state index contributed by atoms with van der Waals surface area (Å²) in [7, 11) is 1.76. The summed E-state index contributed by atoms with van der Waals surface area (Å²) in [4.78, 5) is 1.89. The molecule has 0 aromatic carbocycles. The molecule has 1 fully saturated rings. The molecule has 0 aromatic heterocycles. The smallest absolute Gasteiger partial charge is 0.109 e. The molecule has 4 N–H and O–H groups in total. The van der Waals surface area contributed by atoms with E-state index in [0.29, 0.717) is 6.54 Å². The molecule has 0 spiro atoms. The summed E-state index contributed by atoms with van der Waals surface area (Å²) in [5.74, 6) is 0. The van der Waals surface area contributed by atoms with Crippen molar-refractivity contribution >= 4 is 0 Å². The van der Waals surface area contributed by atoms with Gasteiger partial charge in [-0.05, 0) is 33.2 Å². The molecule has 4 atom stereocenters. The Labute approximate surface area is 146 Å². The van der Waals surface area contributed by atoms with Crippen molar-refractivity contribution in [2.45, 2.75) is 88.7 Å². The molecule has 0 amide bonds. The summed E-state index contributed by atoms with van der Waals surface area (Å²) in [6.07, 6.45) is 4.67. The Morgan fingerprint density at radius 2 is 1.54 bits per heavy atom. The molecule has 6 heteroatoms. The van der Waals surface area contributed by atoms with Gasteiger partial charge in [0, 0.05) is 13.7 Å². The van der Waals surface area contributed by atoms with Crippen LogP contribution in [0.5, 0.6) is 0 Å². The lowest BCUT2D eigenvalue weighted by Gasteiger charge is -2.43. The Hall–Kier alpha value is -0.240. The number of methoxy groups -OCH3 is 1. The summed E-state index contributed by atoms with van der Waals surface area (Å²) in [6.45, 7) is 5.05. The zero-order valence-electron chi connectivity index (χ0n) is 15.5. The summed E-state index contributed by atoms with van der Waals surface area (Å²) in [5, 5.41) is 38.8. The van der Waals surface area contributed by atoms with Crippen molar-refractivity contribution < 1.29 is 25.2 Å². The third-order valence-electron chi connectivity index (χ3n) is 5.24. The van der Waals surface area contributed by atoms with E-state index in [9.17, 15) is 20.4 Å². The van der Waals surface area contributed by atoms with Gasteiger partial charge in [0.15, 0.2) is 0 Å². The van der Waals surface area contributed by atoms with Crippen LogP contribution in [0.25, 0.3) is 0 Å². The molecule has 24 heavy (non-hydrogen) atoms. The van der Waals surface area contributed by atoms with Crippen molar-refractivity contribution in [3.63, 3.8) is 0 Å². The number of unbranched alkanes of at least 4 members (excludes halogenated alkanes) is 5. The van der Waals surface area contributed by atoms with E-state index in [-0.39, 0.29) is 12.2 Å². The van der Waals surface area contributed by atoms with Gasteiger partial charge in [0.25, 0.3) is 0 Å². The maximum Gasteiger partial charge on any atom is 0.109 e. The molecule has 0 saturated carbocycles. The van der Waals surface area contributed by atoms with Crippen molar-refractivity contribution in [1.29, 1.82) is 0 Å². The standard InChI is InChI=1S/C18H37NO5/c1-18(2,24-3)10-8-6-4-5-7-9-11-19-12-15(21)17(23)16(22)14(19)13-20/h14-17,20-23H,4-13H2,1-3H3/t14?,15?,16?,17-/m0/s1. The minimum atomic E-state index is -1.17. The van der Waals surface area contributed by atoms with Gasteiger partial charge in [-0.2, -0.15) is 0 Å². The van der Waals surface area contributed by atoms with Crippen molar-refractivity contribution in [3.05, 3.63) is 0 Å². The molecular formula is C18H37NO5. The largest absolute Gasteiger partial charge is 0.395 e. The van der Waals surface area contributed by atoms with Gasteiger partial charge in [0.1, 0.15) is 12.2 Å². The lowest BCUT2D eigenvalue weighted by atomic mass is 9.94. The van der Waals surface area contributed by atoms with Crippen molar-refractivity contribution in [2.75, 3.05) is 26.8 Å². The van der Waals surface area contributed by atoms with Gasteiger partial charge < -0.3 is 25.2 Å². The van der Waals surface area contributed by atoms with Crippen LogP contribution >= 0.6 is 0 Å². The minimum absolute atomic E-state index is 0.0280. The lowest BCUT2D eigenvalue weighted by Crippen LogP contribution is -2.62. The number of aliphatic hydroxyl groups excluding tert-OH is 4.